The number of hydrogen-bond acceptors (Lipinski definition) is 5. The minimum atomic E-state index is -0.265. The average Bonchev–Trinajstić information content (AvgIpc) is 2.77. The van der Waals surface area contributed by atoms with E-state index in [4.69, 9.17) is 10.7 Å². The second-order valence-electron chi connectivity index (χ2n) is 7.67. The summed E-state index contributed by atoms with van der Waals surface area (Å²) in [4.78, 5) is 28.3. The van der Waals surface area contributed by atoms with E-state index in [0.717, 1.165) is 42.5 Å². The fourth-order valence-corrected chi connectivity index (χ4v) is 3.89. The van der Waals surface area contributed by atoms with Gasteiger partial charge in [-0.3, -0.25) is 15.2 Å². The van der Waals surface area contributed by atoms with Crippen LogP contribution in [0.15, 0.2) is 55.0 Å². The molecule has 0 aliphatic heterocycles. The lowest BCUT2D eigenvalue weighted by molar-refractivity contribution is 0.252. The van der Waals surface area contributed by atoms with Gasteiger partial charge in [-0.15, -0.1) is 0 Å². The van der Waals surface area contributed by atoms with E-state index in [2.05, 4.69) is 15.3 Å². The quantitative estimate of drug-likeness (QED) is 0.653. The number of amides is 2. The molecule has 0 unspecified atom stereocenters. The number of hydrogen-bond donors (Lipinski definition) is 2. The summed E-state index contributed by atoms with van der Waals surface area (Å²) in [6.45, 7) is 1.99. The molecule has 1 fully saturated rings. The third kappa shape index (κ3) is 4.40. The molecule has 2 amide bonds. The number of rotatable bonds is 4. The zero-order valence-corrected chi connectivity index (χ0v) is 17.1. The molecule has 3 N–H and O–H groups in total. The van der Waals surface area contributed by atoms with Crippen molar-refractivity contribution in [1.82, 2.24) is 15.0 Å². The largest absolute Gasteiger partial charge is 0.396 e. The van der Waals surface area contributed by atoms with Crippen LogP contribution in [0.4, 0.5) is 22.1 Å². The second kappa shape index (κ2) is 8.90. The summed E-state index contributed by atoms with van der Waals surface area (Å²) in [5.74, 6) is 0.982. The van der Waals surface area contributed by atoms with E-state index in [-0.39, 0.29) is 12.1 Å². The first-order valence-corrected chi connectivity index (χ1v) is 10.3. The van der Waals surface area contributed by atoms with Crippen molar-refractivity contribution in [2.45, 2.75) is 45.1 Å². The summed E-state index contributed by atoms with van der Waals surface area (Å²) in [6, 6.07) is 10.9. The van der Waals surface area contributed by atoms with Crippen LogP contribution in [-0.2, 0) is 0 Å². The summed E-state index contributed by atoms with van der Waals surface area (Å²) in [7, 11) is 0. The number of anilines is 3. The molecule has 7 heteroatoms. The predicted molar refractivity (Wildman–Crippen MR) is 119 cm³/mol. The first-order valence-electron chi connectivity index (χ1n) is 10.3. The van der Waals surface area contributed by atoms with Crippen LogP contribution in [0.5, 0.6) is 0 Å². The summed E-state index contributed by atoms with van der Waals surface area (Å²) in [5.41, 5.74) is 9.47. The molecule has 0 radical (unpaired) electrons. The Labute approximate surface area is 176 Å². The summed E-state index contributed by atoms with van der Waals surface area (Å²) in [5, 5.41) is 2.90. The molecule has 3 aromatic rings. The van der Waals surface area contributed by atoms with Gasteiger partial charge in [0.2, 0.25) is 0 Å². The van der Waals surface area contributed by atoms with E-state index in [0.29, 0.717) is 17.3 Å². The average molecular weight is 403 g/mol. The molecule has 4 rings (SSSR count). The van der Waals surface area contributed by atoms with E-state index in [1.54, 1.807) is 29.6 Å². The highest BCUT2D eigenvalue weighted by Crippen LogP contribution is 2.32. The minimum Gasteiger partial charge on any atom is -0.396 e. The van der Waals surface area contributed by atoms with Crippen molar-refractivity contribution in [2.75, 3.05) is 16.0 Å². The number of urea groups is 1. The van der Waals surface area contributed by atoms with E-state index in [9.17, 15) is 4.79 Å². The third-order valence-electron chi connectivity index (χ3n) is 5.36. The topological polar surface area (TPSA) is 97.0 Å². The van der Waals surface area contributed by atoms with E-state index in [1.807, 2.05) is 37.3 Å². The first-order chi connectivity index (χ1) is 14.6. The molecule has 30 heavy (non-hydrogen) atoms. The fraction of sp³-hybridized carbons (Fsp3) is 0.304. The maximum absolute atomic E-state index is 13.3. The third-order valence-corrected chi connectivity index (χ3v) is 5.36. The smallest absolute Gasteiger partial charge is 0.328 e. The SMILES string of the molecule is Cc1cncc(-c2ccc(N)c(N(C(=O)Nc3ccccn3)C3CCCCC3)n2)c1. The number of aromatic nitrogens is 3. The van der Waals surface area contributed by atoms with Gasteiger partial charge in [-0.05, 0) is 55.7 Å². The minimum absolute atomic E-state index is 0.0446. The number of nitrogens with two attached hydrogens (primary N) is 1. The van der Waals surface area contributed by atoms with Gasteiger partial charge in [0.05, 0.1) is 11.4 Å². The molecule has 0 atom stereocenters. The lowest BCUT2D eigenvalue weighted by Crippen LogP contribution is -2.45. The molecule has 1 saturated carbocycles. The van der Waals surface area contributed by atoms with Gasteiger partial charge in [0.15, 0.2) is 5.82 Å². The van der Waals surface area contributed by atoms with Gasteiger partial charge < -0.3 is 5.73 Å². The van der Waals surface area contributed by atoms with Crippen molar-refractivity contribution in [3.8, 4) is 11.3 Å². The maximum atomic E-state index is 13.3. The number of aryl methyl sites for hydroxylation is 1. The molecule has 0 bridgehead atoms. The van der Waals surface area contributed by atoms with Crippen LogP contribution in [0.25, 0.3) is 11.3 Å². The van der Waals surface area contributed by atoms with E-state index >= 15 is 0 Å². The maximum Gasteiger partial charge on any atom is 0.328 e. The summed E-state index contributed by atoms with van der Waals surface area (Å²) >= 11 is 0. The monoisotopic (exact) mass is 402 g/mol. The highest BCUT2D eigenvalue weighted by Gasteiger charge is 2.30. The van der Waals surface area contributed by atoms with Gasteiger partial charge in [0.25, 0.3) is 0 Å². The van der Waals surface area contributed by atoms with Crippen LogP contribution in [0.2, 0.25) is 0 Å². The van der Waals surface area contributed by atoms with Gasteiger partial charge >= 0.3 is 6.03 Å². The van der Waals surface area contributed by atoms with Gasteiger partial charge in [-0.2, -0.15) is 0 Å². The van der Waals surface area contributed by atoms with Crippen LogP contribution < -0.4 is 16.0 Å². The Morgan fingerprint density at radius 1 is 1.13 bits per heavy atom. The Morgan fingerprint density at radius 3 is 2.70 bits per heavy atom. The van der Waals surface area contributed by atoms with Gasteiger partial charge in [-0.25, -0.2) is 14.8 Å². The highest BCUT2D eigenvalue weighted by molar-refractivity contribution is 6.03. The number of nitrogens with one attached hydrogen (secondary N) is 1. The summed E-state index contributed by atoms with van der Waals surface area (Å²) in [6.07, 6.45) is 10.4. The highest BCUT2D eigenvalue weighted by atomic mass is 16.2. The van der Waals surface area contributed by atoms with Crippen LogP contribution in [0, 0.1) is 6.92 Å². The molecule has 0 saturated heterocycles. The van der Waals surface area contributed by atoms with Crippen LogP contribution in [0.1, 0.15) is 37.7 Å². The van der Waals surface area contributed by atoms with Gasteiger partial charge in [0.1, 0.15) is 5.82 Å². The number of carbonyl (C=O) groups excluding carboxylic acids is 1. The Hall–Kier alpha value is -3.48. The molecule has 3 aromatic heterocycles. The van der Waals surface area contributed by atoms with E-state index in [1.165, 1.54) is 6.42 Å². The Balaban J connectivity index is 1.72. The lowest BCUT2D eigenvalue weighted by atomic mass is 9.94. The van der Waals surface area contributed by atoms with Crippen LogP contribution >= 0.6 is 0 Å². The van der Waals surface area contributed by atoms with Crippen molar-refractivity contribution in [1.29, 1.82) is 0 Å². The van der Waals surface area contributed by atoms with E-state index < -0.39 is 0 Å². The standard InChI is InChI=1S/C23H26N6O/c1-16-13-17(15-25-14-16)20-11-10-19(24)22(27-20)29(18-7-3-2-4-8-18)23(30)28-21-9-5-6-12-26-21/h5-6,9-15,18H,2-4,7-8,24H2,1H3,(H,26,28,30). The normalized spacial score (nSPS) is 14.3. The fourth-order valence-electron chi connectivity index (χ4n) is 3.89. The first kappa shape index (κ1) is 19.8. The molecular weight excluding hydrogens is 376 g/mol. The molecule has 0 spiro atoms. The zero-order valence-electron chi connectivity index (χ0n) is 17.1. The van der Waals surface area contributed by atoms with Crippen molar-refractivity contribution >= 4 is 23.4 Å². The molecule has 3 heterocycles. The number of carbonyl (C=O) groups is 1. The van der Waals surface area contributed by atoms with Gasteiger partial charge in [-0.1, -0.05) is 25.3 Å². The van der Waals surface area contributed by atoms with Crippen molar-refractivity contribution in [3.05, 3.63) is 60.6 Å². The number of nitrogen functional groups attached to an aromatic ring is 1. The molecule has 154 valence electrons. The predicted octanol–water partition coefficient (Wildman–Crippen LogP) is 4.80. The van der Waals surface area contributed by atoms with Crippen molar-refractivity contribution in [3.63, 3.8) is 0 Å². The van der Waals surface area contributed by atoms with Gasteiger partial charge in [0, 0.05) is 30.2 Å². The second-order valence-corrected chi connectivity index (χ2v) is 7.67. The molecule has 1 aliphatic rings. The molecule has 7 nitrogen and oxygen atoms in total. The van der Waals surface area contributed by atoms with Crippen molar-refractivity contribution in [2.24, 2.45) is 0 Å². The Kier molecular flexibility index (Phi) is 5.88. The molecule has 0 aromatic carbocycles. The zero-order chi connectivity index (χ0) is 20.9. The van der Waals surface area contributed by atoms with Crippen LogP contribution in [0.3, 0.4) is 0 Å². The van der Waals surface area contributed by atoms with Crippen molar-refractivity contribution < 1.29 is 4.79 Å². The Bertz CT molecular complexity index is 1020. The van der Waals surface area contributed by atoms with Crippen LogP contribution in [-0.4, -0.2) is 27.0 Å². The Morgan fingerprint density at radius 2 is 1.97 bits per heavy atom. The molecular formula is C23H26N6O. The summed E-state index contributed by atoms with van der Waals surface area (Å²) < 4.78 is 0. The molecule has 1 aliphatic carbocycles. The number of pyridine rings is 3. The number of nitrogens with zero attached hydrogens (tertiary/aromatic N) is 4. The lowest BCUT2D eigenvalue weighted by Gasteiger charge is -2.34.